The predicted molar refractivity (Wildman–Crippen MR) is 73.6 cm³/mol. The van der Waals surface area contributed by atoms with Crippen molar-refractivity contribution in [1.82, 2.24) is 5.32 Å². The van der Waals surface area contributed by atoms with Crippen molar-refractivity contribution < 1.29 is 4.74 Å². The van der Waals surface area contributed by atoms with Crippen LogP contribution in [0.1, 0.15) is 32.3 Å². The first-order valence-electron chi connectivity index (χ1n) is 6.58. The highest BCUT2D eigenvalue weighted by atomic mass is 16.5. The topological polar surface area (TPSA) is 21.3 Å². The Morgan fingerprint density at radius 3 is 2.47 bits per heavy atom. The van der Waals surface area contributed by atoms with Crippen LogP contribution in [0.15, 0.2) is 24.3 Å². The van der Waals surface area contributed by atoms with E-state index in [9.17, 15) is 0 Å². The van der Waals surface area contributed by atoms with E-state index >= 15 is 0 Å². The summed E-state index contributed by atoms with van der Waals surface area (Å²) in [6.45, 7) is 6.34. The van der Waals surface area contributed by atoms with Crippen molar-refractivity contribution in [3.05, 3.63) is 29.8 Å². The van der Waals surface area contributed by atoms with Gasteiger partial charge in [-0.1, -0.05) is 26.0 Å². The monoisotopic (exact) mass is 235 g/mol. The van der Waals surface area contributed by atoms with Crippen LogP contribution in [0, 0.1) is 5.92 Å². The van der Waals surface area contributed by atoms with Crippen molar-refractivity contribution in [2.75, 3.05) is 20.2 Å². The fourth-order valence-corrected chi connectivity index (χ4v) is 1.70. The Hall–Kier alpha value is -1.02. The van der Waals surface area contributed by atoms with Gasteiger partial charge in [-0.15, -0.1) is 0 Å². The van der Waals surface area contributed by atoms with Crippen LogP contribution in [-0.2, 0) is 6.42 Å². The normalized spacial score (nSPS) is 10.8. The van der Waals surface area contributed by atoms with E-state index in [0.717, 1.165) is 37.7 Å². The molecule has 17 heavy (non-hydrogen) atoms. The first kappa shape index (κ1) is 14.0. The second-order valence-electron chi connectivity index (χ2n) is 4.88. The molecule has 0 aliphatic rings. The smallest absolute Gasteiger partial charge is 0.119 e. The molecule has 0 bridgehead atoms. The molecule has 0 heterocycles. The van der Waals surface area contributed by atoms with Crippen molar-refractivity contribution in [2.45, 2.75) is 33.1 Å². The number of likely N-dealkylation sites (N-methyl/N-ethyl adjacent to an activating group) is 1. The lowest BCUT2D eigenvalue weighted by atomic mass is 10.1. The number of hydrogen-bond donors (Lipinski definition) is 1. The average molecular weight is 235 g/mol. The fourth-order valence-electron chi connectivity index (χ4n) is 1.70. The van der Waals surface area contributed by atoms with Crippen LogP contribution in [0.5, 0.6) is 5.75 Å². The van der Waals surface area contributed by atoms with Crippen LogP contribution in [0.3, 0.4) is 0 Å². The highest BCUT2D eigenvalue weighted by Gasteiger charge is 1.97. The molecule has 0 radical (unpaired) electrons. The molecule has 0 spiro atoms. The van der Waals surface area contributed by atoms with Gasteiger partial charge in [0, 0.05) is 0 Å². The molecule has 0 fully saturated rings. The summed E-state index contributed by atoms with van der Waals surface area (Å²) in [5.74, 6) is 1.75. The van der Waals surface area contributed by atoms with Crippen molar-refractivity contribution in [3.8, 4) is 5.75 Å². The molecule has 1 rings (SSSR count). The van der Waals surface area contributed by atoms with Gasteiger partial charge < -0.3 is 10.1 Å². The molecule has 0 aromatic heterocycles. The molecule has 96 valence electrons. The summed E-state index contributed by atoms with van der Waals surface area (Å²) in [6.07, 6.45) is 3.45. The summed E-state index contributed by atoms with van der Waals surface area (Å²) in [7, 11) is 1.98. The van der Waals surface area contributed by atoms with E-state index in [1.807, 2.05) is 7.05 Å². The Morgan fingerprint density at radius 2 is 1.88 bits per heavy atom. The van der Waals surface area contributed by atoms with Crippen LogP contribution in [0.4, 0.5) is 0 Å². The molecule has 0 saturated carbocycles. The Bertz CT molecular complexity index is 292. The molecule has 1 aromatic rings. The summed E-state index contributed by atoms with van der Waals surface area (Å²) in [6, 6.07) is 8.44. The standard InChI is InChI=1S/C15H25NO/c1-13(2)5-4-12-17-15-8-6-14(7-9-15)10-11-16-3/h6-9,13,16H,4-5,10-12H2,1-3H3. The first-order valence-corrected chi connectivity index (χ1v) is 6.58. The fraction of sp³-hybridized carbons (Fsp3) is 0.600. The number of ether oxygens (including phenoxy) is 1. The second kappa shape index (κ2) is 8.13. The molecule has 1 aromatic carbocycles. The quantitative estimate of drug-likeness (QED) is 0.698. The molecule has 2 heteroatoms. The zero-order chi connectivity index (χ0) is 12.5. The van der Waals surface area contributed by atoms with Gasteiger partial charge in [-0.3, -0.25) is 0 Å². The Kier molecular flexibility index (Phi) is 6.71. The molecule has 2 nitrogen and oxygen atoms in total. The Balaban J connectivity index is 2.25. The van der Waals surface area contributed by atoms with Crippen LogP contribution < -0.4 is 10.1 Å². The van der Waals surface area contributed by atoms with Crippen LogP contribution >= 0.6 is 0 Å². The first-order chi connectivity index (χ1) is 8.22. The van der Waals surface area contributed by atoms with Gasteiger partial charge in [-0.25, -0.2) is 0 Å². The molecule has 0 amide bonds. The molecular formula is C15H25NO. The van der Waals surface area contributed by atoms with Crippen LogP contribution in [0.25, 0.3) is 0 Å². The van der Waals surface area contributed by atoms with Crippen LogP contribution in [-0.4, -0.2) is 20.2 Å². The molecule has 0 aliphatic heterocycles. The van der Waals surface area contributed by atoms with Gasteiger partial charge >= 0.3 is 0 Å². The van der Waals surface area contributed by atoms with Gasteiger partial charge in [0.1, 0.15) is 5.75 Å². The number of benzene rings is 1. The lowest BCUT2D eigenvalue weighted by Gasteiger charge is -2.08. The maximum absolute atomic E-state index is 5.70. The summed E-state index contributed by atoms with van der Waals surface area (Å²) < 4.78 is 5.70. The average Bonchev–Trinajstić information content (AvgIpc) is 2.33. The Morgan fingerprint density at radius 1 is 1.18 bits per heavy atom. The number of rotatable bonds is 8. The van der Waals surface area contributed by atoms with E-state index < -0.39 is 0 Å². The zero-order valence-corrected chi connectivity index (χ0v) is 11.3. The lowest BCUT2D eigenvalue weighted by Crippen LogP contribution is -2.10. The summed E-state index contributed by atoms with van der Waals surface area (Å²) in [5, 5.41) is 3.15. The highest BCUT2D eigenvalue weighted by Crippen LogP contribution is 2.13. The predicted octanol–water partition coefficient (Wildman–Crippen LogP) is 3.26. The minimum Gasteiger partial charge on any atom is -0.494 e. The van der Waals surface area contributed by atoms with Crippen molar-refractivity contribution in [3.63, 3.8) is 0 Å². The molecular weight excluding hydrogens is 210 g/mol. The lowest BCUT2D eigenvalue weighted by molar-refractivity contribution is 0.297. The molecule has 0 saturated heterocycles. The van der Waals surface area contributed by atoms with Gasteiger partial charge in [0.2, 0.25) is 0 Å². The van der Waals surface area contributed by atoms with Gasteiger partial charge in [0.05, 0.1) is 6.61 Å². The third-order valence-electron chi connectivity index (χ3n) is 2.78. The highest BCUT2D eigenvalue weighted by molar-refractivity contribution is 5.27. The minimum atomic E-state index is 0.766. The van der Waals surface area contributed by atoms with Crippen molar-refractivity contribution in [1.29, 1.82) is 0 Å². The summed E-state index contributed by atoms with van der Waals surface area (Å²) in [4.78, 5) is 0. The van der Waals surface area contributed by atoms with E-state index in [2.05, 4.69) is 43.4 Å². The van der Waals surface area contributed by atoms with E-state index in [1.165, 1.54) is 12.0 Å². The molecule has 0 atom stereocenters. The minimum absolute atomic E-state index is 0.766. The molecule has 1 N–H and O–H groups in total. The van der Waals surface area contributed by atoms with E-state index in [0.29, 0.717) is 0 Å². The van der Waals surface area contributed by atoms with Crippen molar-refractivity contribution >= 4 is 0 Å². The number of hydrogen-bond acceptors (Lipinski definition) is 2. The number of nitrogens with one attached hydrogen (secondary N) is 1. The molecule has 0 unspecified atom stereocenters. The van der Waals surface area contributed by atoms with E-state index in [-0.39, 0.29) is 0 Å². The maximum Gasteiger partial charge on any atom is 0.119 e. The Labute approximate surface area is 105 Å². The zero-order valence-electron chi connectivity index (χ0n) is 11.3. The van der Waals surface area contributed by atoms with Gasteiger partial charge in [0.25, 0.3) is 0 Å². The third-order valence-corrected chi connectivity index (χ3v) is 2.78. The van der Waals surface area contributed by atoms with Crippen LogP contribution in [0.2, 0.25) is 0 Å². The van der Waals surface area contributed by atoms with E-state index in [4.69, 9.17) is 4.74 Å². The summed E-state index contributed by atoms with van der Waals surface area (Å²) in [5.41, 5.74) is 1.36. The van der Waals surface area contributed by atoms with Gasteiger partial charge in [-0.2, -0.15) is 0 Å². The maximum atomic E-state index is 5.70. The third kappa shape index (κ3) is 6.32. The van der Waals surface area contributed by atoms with Gasteiger partial charge in [0.15, 0.2) is 0 Å². The second-order valence-corrected chi connectivity index (χ2v) is 4.88. The largest absolute Gasteiger partial charge is 0.494 e. The van der Waals surface area contributed by atoms with Gasteiger partial charge in [-0.05, 0) is 56.5 Å². The van der Waals surface area contributed by atoms with Crippen molar-refractivity contribution in [2.24, 2.45) is 5.92 Å². The molecule has 0 aliphatic carbocycles. The van der Waals surface area contributed by atoms with E-state index in [1.54, 1.807) is 0 Å². The SMILES string of the molecule is CNCCc1ccc(OCCCC(C)C)cc1. The summed E-state index contributed by atoms with van der Waals surface area (Å²) >= 11 is 0.